The average Bonchev–Trinajstić information content (AvgIpc) is 3.25. The van der Waals surface area contributed by atoms with E-state index in [0.717, 1.165) is 31.7 Å². The van der Waals surface area contributed by atoms with Crippen molar-refractivity contribution < 1.29 is 4.79 Å². The molecule has 2 N–H and O–H groups in total. The Hall–Kier alpha value is -1.85. The van der Waals surface area contributed by atoms with Gasteiger partial charge in [0.05, 0.1) is 6.33 Å². The van der Waals surface area contributed by atoms with Crippen LogP contribution in [0.15, 0.2) is 36.8 Å². The molecule has 1 amide bonds. The zero-order valence-corrected chi connectivity index (χ0v) is 14.4. The van der Waals surface area contributed by atoms with Crippen molar-refractivity contribution >= 4 is 23.2 Å². The van der Waals surface area contributed by atoms with Gasteiger partial charge >= 0.3 is 0 Å². The molecule has 0 radical (unpaired) electrons. The van der Waals surface area contributed by atoms with Gasteiger partial charge in [0.2, 0.25) is 5.91 Å². The Labute approximate surface area is 147 Å². The van der Waals surface area contributed by atoms with Gasteiger partial charge in [-0.25, -0.2) is 4.98 Å². The fourth-order valence-electron chi connectivity index (χ4n) is 3.15. The first-order chi connectivity index (χ1) is 11.7. The summed E-state index contributed by atoms with van der Waals surface area (Å²) in [7, 11) is 0. The predicted molar refractivity (Wildman–Crippen MR) is 96.2 cm³/mol. The zero-order valence-electron chi connectivity index (χ0n) is 13.7. The highest BCUT2D eigenvalue weighted by Gasteiger charge is 2.22. The van der Waals surface area contributed by atoms with Crippen molar-refractivity contribution in [1.29, 1.82) is 0 Å². The van der Waals surface area contributed by atoms with E-state index in [1.807, 2.05) is 18.3 Å². The van der Waals surface area contributed by atoms with Gasteiger partial charge in [0.25, 0.3) is 0 Å². The van der Waals surface area contributed by atoms with E-state index in [4.69, 9.17) is 11.6 Å². The number of carbonyl (C=O) groups is 1. The predicted octanol–water partition coefficient (Wildman–Crippen LogP) is 3.35. The molecular formula is C18H23ClN4O. The molecule has 24 heavy (non-hydrogen) atoms. The molecule has 1 aliphatic rings. The third kappa shape index (κ3) is 5.08. The summed E-state index contributed by atoms with van der Waals surface area (Å²) < 4.78 is 0. The lowest BCUT2D eigenvalue weighted by molar-refractivity contribution is -0.116. The quantitative estimate of drug-likeness (QED) is 0.808. The number of aromatic amines is 1. The molecule has 2 heterocycles. The van der Waals surface area contributed by atoms with Gasteiger partial charge in [0, 0.05) is 42.1 Å². The first-order valence-electron chi connectivity index (χ1n) is 8.44. The molecule has 0 bridgehead atoms. The van der Waals surface area contributed by atoms with E-state index in [1.165, 1.54) is 18.5 Å². The summed E-state index contributed by atoms with van der Waals surface area (Å²) in [5.74, 6) is 0.769. The van der Waals surface area contributed by atoms with Crippen LogP contribution in [0.25, 0.3) is 0 Å². The highest BCUT2D eigenvalue weighted by atomic mass is 35.5. The van der Waals surface area contributed by atoms with Gasteiger partial charge in [-0.3, -0.25) is 4.79 Å². The van der Waals surface area contributed by atoms with Crippen molar-refractivity contribution in [2.75, 3.05) is 25.0 Å². The number of aromatic nitrogens is 2. The third-order valence-electron chi connectivity index (χ3n) is 4.53. The molecule has 1 saturated heterocycles. The number of anilines is 1. The number of likely N-dealkylation sites (tertiary alicyclic amines) is 1. The Morgan fingerprint density at radius 1 is 1.38 bits per heavy atom. The number of hydrogen-bond donors (Lipinski definition) is 2. The molecule has 5 nitrogen and oxygen atoms in total. The first-order valence-corrected chi connectivity index (χ1v) is 8.82. The summed E-state index contributed by atoms with van der Waals surface area (Å²) in [6.07, 6.45) is 7.59. The fourth-order valence-corrected chi connectivity index (χ4v) is 3.27. The molecule has 0 saturated carbocycles. The lowest BCUT2D eigenvalue weighted by Gasteiger charge is -2.15. The number of carbonyl (C=O) groups excluding carboxylic acids is 1. The summed E-state index contributed by atoms with van der Waals surface area (Å²) in [5, 5.41) is 3.59. The van der Waals surface area contributed by atoms with E-state index in [1.54, 1.807) is 18.5 Å². The minimum Gasteiger partial charge on any atom is -0.348 e. The average molecular weight is 347 g/mol. The van der Waals surface area contributed by atoms with Gasteiger partial charge in [0.15, 0.2) is 0 Å². The van der Waals surface area contributed by atoms with Gasteiger partial charge in [-0.2, -0.15) is 0 Å². The SMILES string of the molecule is O=C(CCN1CCC(CCc2cnc[nH]2)C1)Nc1ccc(Cl)cc1. The van der Waals surface area contributed by atoms with Crippen LogP contribution < -0.4 is 5.32 Å². The number of H-pyrrole nitrogens is 1. The van der Waals surface area contributed by atoms with Gasteiger partial charge in [-0.1, -0.05) is 11.6 Å². The second-order valence-electron chi connectivity index (χ2n) is 6.38. The monoisotopic (exact) mass is 346 g/mol. The van der Waals surface area contributed by atoms with Gasteiger partial charge < -0.3 is 15.2 Å². The van der Waals surface area contributed by atoms with E-state index >= 15 is 0 Å². The highest BCUT2D eigenvalue weighted by molar-refractivity contribution is 6.30. The van der Waals surface area contributed by atoms with Gasteiger partial charge in [0.1, 0.15) is 0 Å². The van der Waals surface area contributed by atoms with E-state index in [2.05, 4.69) is 20.2 Å². The van der Waals surface area contributed by atoms with Gasteiger partial charge in [-0.15, -0.1) is 0 Å². The molecule has 1 fully saturated rings. The highest BCUT2D eigenvalue weighted by Crippen LogP contribution is 2.21. The maximum Gasteiger partial charge on any atom is 0.225 e. The number of aryl methyl sites for hydroxylation is 1. The van der Waals surface area contributed by atoms with Crippen LogP contribution in [0.4, 0.5) is 5.69 Å². The Morgan fingerprint density at radius 3 is 2.96 bits per heavy atom. The van der Waals surface area contributed by atoms with Crippen LogP contribution in [-0.2, 0) is 11.2 Å². The number of imidazole rings is 1. The van der Waals surface area contributed by atoms with Crippen LogP contribution in [0, 0.1) is 5.92 Å². The third-order valence-corrected chi connectivity index (χ3v) is 4.78. The molecule has 6 heteroatoms. The van der Waals surface area contributed by atoms with Gasteiger partial charge in [-0.05, 0) is 56.0 Å². The fraction of sp³-hybridized carbons (Fsp3) is 0.444. The Morgan fingerprint density at radius 2 is 2.21 bits per heavy atom. The topological polar surface area (TPSA) is 61.0 Å². The Bertz CT molecular complexity index is 642. The van der Waals surface area contributed by atoms with Crippen LogP contribution >= 0.6 is 11.6 Å². The molecule has 0 aliphatic carbocycles. The molecule has 128 valence electrons. The standard InChI is InChI=1S/C18H23ClN4O/c19-15-2-5-16(6-3-15)22-18(24)8-10-23-9-7-14(12-23)1-4-17-11-20-13-21-17/h2-3,5-6,11,13-14H,1,4,7-10,12H2,(H,20,21)(H,22,24). The van der Waals surface area contributed by atoms with E-state index in [-0.39, 0.29) is 5.91 Å². The second-order valence-corrected chi connectivity index (χ2v) is 6.81. The largest absolute Gasteiger partial charge is 0.348 e. The summed E-state index contributed by atoms with van der Waals surface area (Å²) in [5.41, 5.74) is 2.00. The minimum absolute atomic E-state index is 0.0539. The molecule has 1 aliphatic heterocycles. The van der Waals surface area contributed by atoms with Crippen molar-refractivity contribution in [2.24, 2.45) is 5.92 Å². The molecule has 2 aromatic rings. The Kier molecular flexibility index (Phi) is 5.88. The van der Waals surface area contributed by atoms with Crippen LogP contribution in [0.2, 0.25) is 5.02 Å². The number of halogens is 1. The molecule has 1 unspecified atom stereocenters. The number of amides is 1. The van der Waals surface area contributed by atoms with Crippen molar-refractivity contribution in [3.63, 3.8) is 0 Å². The summed E-state index contributed by atoms with van der Waals surface area (Å²) in [6.45, 7) is 2.99. The molecule has 1 aromatic heterocycles. The maximum absolute atomic E-state index is 12.0. The lowest BCUT2D eigenvalue weighted by atomic mass is 10.0. The Balaban J connectivity index is 1.35. The van der Waals surface area contributed by atoms with Crippen molar-refractivity contribution in [1.82, 2.24) is 14.9 Å². The second kappa shape index (κ2) is 8.31. The summed E-state index contributed by atoms with van der Waals surface area (Å²) >= 11 is 5.84. The van der Waals surface area contributed by atoms with Crippen molar-refractivity contribution in [2.45, 2.75) is 25.7 Å². The van der Waals surface area contributed by atoms with Crippen LogP contribution in [-0.4, -0.2) is 40.4 Å². The number of rotatable bonds is 7. The van der Waals surface area contributed by atoms with E-state index < -0.39 is 0 Å². The zero-order chi connectivity index (χ0) is 16.8. The van der Waals surface area contributed by atoms with Crippen molar-refractivity contribution in [3.05, 3.63) is 47.5 Å². The molecular weight excluding hydrogens is 324 g/mol. The number of nitrogens with zero attached hydrogens (tertiary/aromatic N) is 2. The molecule has 1 aromatic carbocycles. The summed E-state index contributed by atoms with van der Waals surface area (Å²) in [6, 6.07) is 7.20. The van der Waals surface area contributed by atoms with Crippen LogP contribution in [0.1, 0.15) is 25.0 Å². The number of nitrogens with one attached hydrogen (secondary N) is 2. The smallest absolute Gasteiger partial charge is 0.225 e. The van der Waals surface area contributed by atoms with Crippen LogP contribution in [0.5, 0.6) is 0 Å². The molecule has 1 atom stereocenters. The van der Waals surface area contributed by atoms with E-state index in [0.29, 0.717) is 17.4 Å². The lowest BCUT2D eigenvalue weighted by Crippen LogP contribution is -2.26. The van der Waals surface area contributed by atoms with Crippen LogP contribution in [0.3, 0.4) is 0 Å². The maximum atomic E-state index is 12.0. The van der Waals surface area contributed by atoms with Crippen molar-refractivity contribution in [3.8, 4) is 0 Å². The molecule has 0 spiro atoms. The minimum atomic E-state index is 0.0539. The normalized spacial score (nSPS) is 18.0. The number of benzene rings is 1. The number of hydrogen-bond acceptors (Lipinski definition) is 3. The van der Waals surface area contributed by atoms with E-state index in [9.17, 15) is 4.79 Å². The summed E-state index contributed by atoms with van der Waals surface area (Å²) in [4.78, 5) is 21.6. The molecule has 3 rings (SSSR count). The first kappa shape index (κ1) is 17.0.